The van der Waals surface area contributed by atoms with E-state index in [2.05, 4.69) is 20.5 Å². The van der Waals surface area contributed by atoms with Crippen LogP contribution in [0.3, 0.4) is 0 Å². The molecule has 1 aromatic heterocycles. The van der Waals surface area contributed by atoms with Gasteiger partial charge in [-0.25, -0.2) is 0 Å². The minimum atomic E-state index is -1.01. The first-order valence-electron chi connectivity index (χ1n) is 4.87. The molecule has 1 fully saturated rings. The summed E-state index contributed by atoms with van der Waals surface area (Å²) in [5.74, 6) is -2.42. The Morgan fingerprint density at radius 1 is 1.53 bits per heavy atom. The molecule has 2 heterocycles. The first-order valence-corrected chi connectivity index (χ1v) is 4.87. The van der Waals surface area contributed by atoms with Crippen molar-refractivity contribution in [2.24, 2.45) is 5.92 Å². The summed E-state index contributed by atoms with van der Waals surface area (Å²) in [5, 5.41) is 17.2. The zero-order valence-electron chi connectivity index (χ0n) is 8.71. The van der Waals surface area contributed by atoms with E-state index in [0.717, 1.165) is 0 Å². The van der Waals surface area contributed by atoms with Crippen LogP contribution in [0.25, 0.3) is 0 Å². The van der Waals surface area contributed by atoms with Crippen molar-refractivity contribution >= 4 is 17.8 Å². The number of aliphatic carboxylic acids is 1. The van der Waals surface area contributed by atoms with Gasteiger partial charge in [-0.1, -0.05) is 0 Å². The van der Waals surface area contributed by atoms with E-state index in [1.54, 1.807) is 0 Å². The van der Waals surface area contributed by atoms with E-state index in [0.29, 0.717) is 0 Å². The lowest BCUT2D eigenvalue weighted by molar-refractivity contribution is -0.142. The predicted molar refractivity (Wildman–Crippen MR) is 54.0 cm³/mol. The van der Waals surface area contributed by atoms with Gasteiger partial charge in [-0.05, 0) is 0 Å². The number of aromatic amines is 1. The number of nitrogens with two attached hydrogens (primary N) is 1. The number of nitrogens with one attached hydrogen (secondary N) is 2. The fourth-order valence-electron chi connectivity index (χ4n) is 1.55. The number of amides is 1. The largest absolute Gasteiger partial charge is 0.481 e. The SMILES string of the molecule is Nc1n[nH]c(C(=O)NC2COCC2C(=O)O)n1. The van der Waals surface area contributed by atoms with Crippen molar-refractivity contribution in [2.45, 2.75) is 6.04 Å². The third-order valence-electron chi connectivity index (χ3n) is 2.43. The highest BCUT2D eigenvalue weighted by Gasteiger charge is 2.35. The Hall–Kier alpha value is -2.16. The summed E-state index contributed by atoms with van der Waals surface area (Å²) in [6.45, 7) is 0.241. The van der Waals surface area contributed by atoms with Gasteiger partial charge in [0.1, 0.15) is 5.92 Å². The first-order chi connectivity index (χ1) is 8.08. The molecule has 92 valence electrons. The average Bonchev–Trinajstić information content (AvgIpc) is 2.86. The summed E-state index contributed by atoms with van der Waals surface area (Å²) in [4.78, 5) is 26.1. The van der Waals surface area contributed by atoms with Gasteiger partial charge in [0.2, 0.25) is 11.8 Å². The zero-order chi connectivity index (χ0) is 12.4. The number of H-pyrrole nitrogens is 1. The molecule has 1 aromatic rings. The second-order valence-corrected chi connectivity index (χ2v) is 3.60. The number of hydrogen-bond donors (Lipinski definition) is 4. The van der Waals surface area contributed by atoms with Crippen LogP contribution in [-0.4, -0.2) is 51.4 Å². The molecule has 9 heteroatoms. The molecule has 1 aliphatic heterocycles. The number of ether oxygens (including phenoxy) is 1. The second-order valence-electron chi connectivity index (χ2n) is 3.60. The number of carboxylic acids is 1. The van der Waals surface area contributed by atoms with E-state index in [1.165, 1.54) is 0 Å². The summed E-state index contributed by atoms with van der Waals surface area (Å²) in [7, 11) is 0. The van der Waals surface area contributed by atoms with E-state index in [9.17, 15) is 9.59 Å². The standard InChI is InChI=1S/C8H11N5O4/c9-8-11-5(12-13-8)6(14)10-4-2-17-1-3(4)7(15)16/h3-4H,1-2H2,(H,10,14)(H,15,16)(H3,9,11,12,13). The molecular weight excluding hydrogens is 230 g/mol. The lowest BCUT2D eigenvalue weighted by Gasteiger charge is -2.14. The van der Waals surface area contributed by atoms with Crippen LogP contribution in [0.15, 0.2) is 0 Å². The number of nitrogen functional groups attached to an aromatic ring is 1. The molecule has 1 aliphatic rings. The molecule has 0 saturated carbocycles. The molecule has 1 amide bonds. The third-order valence-corrected chi connectivity index (χ3v) is 2.43. The predicted octanol–water partition coefficient (Wildman–Crippen LogP) is -1.78. The van der Waals surface area contributed by atoms with Gasteiger partial charge in [-0.15, -0.1) is 5.10 Å². The van der Waals surface area contributed by atoms with Crippen LogP contribution in [0, 0.1) is 5.92 Å². The normalized spacial score (nSPS) is 23.5. The van der Waals surface area contributed by atoms with Gasteiger partial charge in [0.05, 0.1) is 19.3 Å². The number of anilines is 1. The van der Waals surface area contributed by atoms with Crippen molar-refractivity contribution in [3.63, 3.8) is 0 Å². The van der Waals surface area contributed by atoms with E-state index >= 15 is 0 Å². The Labute approximate surface area is 95.4 Å². The molecule has 9 nitrogen and oxygen atoms in total. The number of hydrogen-bond acceptors (Lipinski definition) is 6. The van der Waals surface area contributed by atoms with Crippen molar-refractivity contribution in [3.8, 4) is 0 Å². The lowest BCUT2D eigenvalue weighted by atomic mass is 10.0. The topological polar surface area (TPSA) is 143 Å². The van der Waals surface area contributed by atoms with E-state index < -0.39 is 23.8 Å². The number of aromatic nitrogens is 3. The molecule has 0 aromatic carbocycles. The number of carboxylic acid groups (broad SMARTS) is 1. The summed E-state index contributed by atoms with van der Waals surface area (Å²) >= 11 is 0. The van der Waals surface area contributed by atoms with Gasteiger partial charge in [-0.2, -0.15) is 4.98 Å². The van der Waals surface area contributed by atoms with E-state index in [1.807, 2.05) is 0 Å². The van der Waals surface area contributed by atoms with Crippen molar-refractivity contribution in [3.05, 3.63) is 5.82 Å². The maximum Gasteiger partial charge on any atom is 0.311 e. The molecule has 0 radical (unpaired) electrons. The van der Waals surface area contributed by atoms with Crippen molar-refractivity contribution in [1.82, 2.24) is 20.5 Å². The Morgan fingerprint density at radius 3 is 2.88 bits per heavy atom. The van der Waals surface area contributed by atoms with Crippen LogP contribution < -0.4 is 11.1 Å². The van der Waals surface area contributed by atoms with Gasteiger partial charge in [0.15, 0.2) is 0 Å². The lowest BCUT2D eigenvalue weighted by Crippen LogP contribution is -2.43. The van der Waals surface area contributed by atoms with Crippen LogP contribution in [0.5, 0.6) is 0 Å². The molecule has 1 saturated heterocycles. The maximum absolute atomic E-state index is 11.6. The van der Waals surface area contributed by atoms with Crippen LogP contribution in [0.2, 0.25) is 0 Å². The Balaban J connectivity index is 2.01. The monoisotopic (exact) mass is 241 g/mol. The quantitative estimate of drug-likeness (QED) is 0.489. The summed E-state index contributed by atoms with van der Waals surface area (Å²) in [6.07, 6.45) is 0. The third kappa shape index (κ3) is 2.33. The van der Waals surface area contributed by atoms with Crippen LogP contribution in [-0.2, 0) is 9.53 Å². The van der Waals surface area contributed by atoms with Gasteiger partial charge >= 0.3 is 5.97 Å². The summed E-state index contributed by atoms with van der Waals surface area (Å²) in [6, 6.07) is -0.577. The van der Waals surface area contributed by atoms with E-state index in [4.69, 9.17) is 15.6 Å². The van der Waals surface area contributed by atoms with Crippen LogP contribution in [0.1, 0.15) is 10.6 Å². The second kappa shape index (κ2) is 4.37. The van der Waals surface area contributed by atoms with Gasteiger partial charge in [0, 0.05) is 0 Å². The minimum Gasteiger partial charge on any atom is -0.481 e. The van der Waals surface area contributed by atoms with Crippen molar-refractivity contribution in [1.29, 1.82) is 0 Å². The molecule has 0 bridgehead atoms. The summed E-state index contributed by atoms with van der Waals surface area (Å²) in [5.41, 5.74) is 5.25. The highest BCUT2D eigenvalue weighted by atomic mass is 16.5. The minimum absolute atomic E-state index is 0.0485. The smallest absolute Gasteiger partial charge is 0.311 e. The van der Waals surface area contributed by atoms with Crippen LogP contribution in [0.4, 0.5) is 5.95 Å². The number of rotatable bonds is 3. The highest BCUT2D eigenvalue weighted by Crippen LogP contribution is 2.14. The fourth-order valence-corrected chi connectivity index (χ4v) is 1.55. The Bertz CT molecular complexity index is 445. The number of nitrogens with zero attached hydrogens (tertiary/aromatic N) is 2. The Kier molecular flexibility index (Phi) is 2.91. The van der Waals surface area contributed by atoms with Crippen molar-refractivity contribution in [2.75, 3.05) is 18.9 Å². The van der Waals surface area contributed by atoms with Gasteiger partial charge in [0.25, 0.3) is 5.91 Å². The molecule has 5 N–H and O–H groups in total. The average molecular weight is 241 g/mol. The van der Waals surface area contributed by atoms with Gasteiger partial charge < -0.3 is 20.9 Å². The first kappa shape index (κ1) is 11.3. The molecule has 0 aliphatic carbocycles. The van der Waals surface area contributed by atoms with Crippen molar-refractivity contribution < 1.29 is 19.4 Å². The number of carbonyl (C=O) groups is 2. The van der Waals surface area contributed by atoms with Crippen LogP contribution >= 0.6 is 0 Å². The highest BCUT2D eigenvalue weighted by molar-refractivity contribution is 5.91. The molecule has 2 unspecified atom stereocenters. The fraction of sp³-hybridized carbons (Fsp3) is 0.500. The molecule has 2 atom stereocenters. The maximum atomic E-state index is 11.6. The molecule has 2 rings (SSSR count). The van der Waals surface area contributed by atoms with E-state index in [-0.39, 0.29) is 25.0 Å². The Morgan fingerprint density at radius 2 is 2.29 bits per heavy atom. The van der Waals surface area contributed by atoms with Gasteiger partial charge in [-0.3, -0.25) is 14.7 Å². The molecular formula is C8H11N5O4. The number of carbonyl (C=O) groups excluding carboxylic acids is 1. The zero-order valence-corrected chi connectivity index (χ0v) is 8.71. The summed E-state index contributed by atoms with van der Waals surface area (Å²) < 4.78 is 5.01. The molecule has 17 heavy (non-hydrogen) atoms. The molecule has 0 spiro atoms.